The number of methoxy groups -OCH3 is 1. The smallest absolute Gasteiger partial charge is 0.321 e. The zero-order valence-corrected chi connectivity index (χ0v) is 16.0. The van der Waals surface area contributed by atoms with E-state index in [1.807, 2.05) is 54.6 Å². The number of nitrogens with zero attached hydrogens (tertiary/aromatic N) is 2. The van der Waals surface area contributed by atoms with E-state index >= 15 is 0 Å². The number of hydrogen-bond donors (Lipinski definition) is 2. The lowest BCUT2D eigenvalue weighted by Gasteiger charge is -2.41. The molecule has 3 amide bonds. The summed E-state index contributed by atoms with van der Waals surface area (Å²) in [5.41, 5.74) is 7.33. The number of hydrogen-bond acceptors (Lipinski definition) is 4. The number of para-hydroxylation sites is 1. The normalized spacial score (nSPS) is 17.2. The van der Waals surface area contributed by atoms with Gasteiger partial charge in [0.15, 0.2) is 0 Å². The topological polar surface area (TPSA) is 87.9 Å². The molecule has 0 aliphatic carbocycles. The first-order valence-corrected chi connectivity index (χ1v) is 9.31. The van der Waals surface area contributed by atoms with Crippen LogP contribution >= 0.6 is 0 Å². The molecule has 3 rings (SSSR count). The number of amides is 3. The van der Waals surface area contributed by atoms with Gasteiger partial charge in [0.05, 0.1) is 7.11 Å². The van der Waals surface area contributed by atoms with Gasteiger partial charge in [-0.15, -0.1) is 0 Å². The van der Waals surface area contributed by atoms with Gasteiger partial charge in [0, 0.05) is 44.3 Å². The van der Waals surface area contributed by atoms with Gasteiger partial charge in [-0.25, -0.2) is 4.79 Å². The van der Waals surface area contributed by atoms with Crippen molar-refractivity contribution in [2.24, 2.45) is 5.73 Å². The predicted molar refractivity (Wildman–Crippen MR) is 108 cm³/mol. The number of carbonyl (C=O) groups excluding carboxylic acids is 2. The number of urea groups is 1. The first-order chi connectivity index (χ1) is 13.5. The SMILES string of the molecule is COc1ccc(CN2CCN(C(=O)Nc3ccccc3)CC2CC(N)=O)cc1. The molecule has 28 heavy (non-hydrogen) atoms. The summed E-state index contributed by atoms with van der Waals surface area (Å²) in [6.07, 6.45) is 0.214. The van der Waals surface area contributed by atoms with Crippen molar-refractivity contribution in [2.45, 2.75) is 19.0 Å². The van der Waals surface area contributed by atoms with E-state index in [0.717, 1.165) is 17.0 Å². The Balaban J connectivity index is 1.65. The molecule has 1 fully saturated rings. The highest BCUT2D eigenvalue weighted by molar-refractivity contribution is 5.89. The van der Waals surface area contributed by atoms with Gasteiger partial charge in [-0.05, 0) is 29.8 Å². The Labute approximate surface area is 165 Å². The maximum Gasteiger partial charge on any atom is 0.321 e. The second-order valence-electron chi connectivity index (χ2n) is 6.89. The lowest BCUT2D eigenvalue weighted by Crippen LogP contribution is -2.56. The Morgan fingerprint density at radius 3 is 2.46 bits per heavy atom. The number of carbonyl (C=O) groups is 2. The fraction of sp³-hybridized carbons (Fsp3) is 0.333. The van der Waals surface area contributed by atoms with E-state index in [4.69, 9.17) is 10.5 Å². The van der Waals surface area contributed by atoms with Gasteiger partial charge in [0.1, 0.15) is 5.75 Å². The van der Waals surface area contributed by atoms with Crippen LogP contribution in [0.2, 0.25) is 0 Å². The molecule has 1 saturated heterocycles. The van der Waals surface area contributed by atoms with Crippen molar-refractivity contribution in [3.05, 3.63) is 60.2 Å². The molecule has 0 bridgehead atoms. The molecule has 0 radical (unpaired) electrons. The van der Waals surface area contributed by atoms with E-state index in [1.165, 1.54) is 0 Å². The second-order valence-corrected chi connectivity index (χ2v) is 6.89. The van der Waals surface area contributed by atoms with Gasteiger partial charge in [0.2, 0.25) is 5.91 Å². The van der Waals surface area contributed by atoms with Crippen LogP contribution in [0.25, 0.3) is 0 Å². The minimum absolute atomic E-state index is 0.116. The largest absolute Gasteiger partial charge is 0.497 e. The van der Waals surface area contributed by atoms with Crippen molar-refractivity contribution < 1.29 is 14.3 Å². The van der Waals surface area contributed by atoms with Crippen LogP contribution in [0.15, 0.2) is 54.6 Å². The maximum atomic E-state index is 12.6. The summed E-state index contributed by atoms with van der Waals surface area (Å²) in [5.74, 6) is 0.440. The summed E-state index contributed by atoms with van der Waals surface area (Å²) in [4.78, 5) is 28.1. The number of nitrogens with two attached hydrogens (primary N) is 1. The molecule has 0 saturated carbocycles. The summed E-state index contributed by atoms with van der Waals surface area (Å²) >= 11 is 0. The molecule has 2 aromatic rings. The lowest BCUT2D eigenvalue weighted by molar-refractivity contribution is -0.119. The van der Waals surface area contributed by atoms with Gasteiger partial charge in [-0.2, -0.15) is 0 Å². The number of primary amides is 1. The third-order valence-corrected chi connectivity index (χ3v) is 4.90. The second kappa shape index (κ2) is 9.23. The van der Waals surface area contributed by atoms with Crippen LogP contribution in [0.5, 0.6) is 5.75 Å². The van der Waals surface area contributed by atoms with E-state index in [0.29, 0.717) is 26.2 Å². The van der Waals surface area contributed by atoms with Crippen LogP contribution in [-0.2, 0) is 11.3 Å². The van der Waals surface area contributed by atoms with E-state index in [9.17, 15) is 9.59 Å². The Morgan fingerprint density at radius 1 is 1.11 bits per heavy atom. The fourth-order valence-electron chi connectivity index (χ4n) is 3.40. The molecule has 1 aliphatic heterocycles. The van der Waals surface area contributed by atoms with Crippen molar-refractivity contribution in [1.29, 1.82) is 0 Å². The van der Waals surface area contributed by atoms with E-state index in [-0.39, 0.29) is 24.4 Å². The summed E-state index contributed by atoms with van der Waals surface area (Å²) in [5, 5.41) is 2.90. The van der Waals surface area contributed by atoms with E-state index in [1.54, 1.807) is 12.0 Å². The van der Waals surface area contributed by atoms with Crippen molar-refractivity contribution in [1.82, 2.24) is 9.80 Å². The number of anilines is 1. The van der Waals surface area contributed by atoms with Crippen LogP contribution in [0, 0.1) is 0 Å². The average molecular weight is 382 g/mol. The van der Waals surface area contributed by atoms with Crippen LogP contribution in [-0.4, -0.2) is 54.5 Å². The average Bonchev–Trinajstić information content (AvgIpc) is 2.70. The van der Waals surface area contributed by atoms with Gasteiger partial charge in [-0.1, -0.05) is 30.3 Å². The molecule has 7 nitrogen and oxygen atoms in total. The molecule has 0 spiro atoms. The monoisotopic (exact) mass is 382 g/mol. The molecule has 2 aromatic carbocycles. The first kappa shape index (κ1) is 19.7. The van der Waals surface area contributed by atoms with Gasteiger partial charge in [0.25, 0.3) is 0 Å². The highest BCUT2D eigenvalue weighted by Gasteiger charge is 2.30. The molecule has 7 heteroatoms. The van der Waals surface area contributed by atoms with E-state index < -0.39 is 0 Å². The Hall–Kier alpha value is -3.06. The van der Waals surface area contributed by atoms with Crippen LogP contribution in [0.1, 0.15) is 12.0 Å². The third kappa shape index (κ3) is 5.23. The molecule has 1 heterocycles. The molecular formula is C21H26N4O3. The lowest BCUT2D eigenvalue weighted by atomic mass is 10.1. The molecule has 148 valence electrons. The molecule has 3 N–H and O–H groups in total. The van der Waals surface area contributed by atoms with Crippen LogP contribution < -0.4 is 15.8 Å². The maximum absolute atomic E-state index is 12.6. The van der Waals surface area contributed by atoms with Gasteiger partial charge in [-0.3, -0.25) is 9.69 Å². The third-order valence-electron chi connectivity index (χ3n) is 4.90. The Kier molecular flexibility index (Phi) is 6.49. The van der Waals surface area contributed by atoms with Gasteiger partial charge >= 0.3 is 6.03 Å². The Morgan fingerprint density at radius 2 is 1.82 bits per heavy atom. The first-order valence-electron chi connectivity index (χ1n) is 9.31. The molecule has 0 aromatic heterocycles. The van der Waals surface area contributed by atoms with Crippen molar-refractivity contribution in [3.8, 4) is 5.75 Å². The molecule has 1 unspecified atom stereocenters. The molecule has 1 atom stereocenters. The van der Waals surface area contributed by atoms with Crippen molar-refractivity contribution in [3.63, 3.8) is 0 Å². The summed E-state index contributed by atoms with van der Waals surface area (Å²) in [7, 11) is 1.64. The highest BCUT2D eigenvalue weighted by atomic mass is 16.5. The minimum Gasteiger partial charge on any atom is -0.497 e. The quantitative estimate of drug-likeness (QED) is 0.802. The van der Waals surface area contributed by atoms with Crippen LogP contribution in [0.3, 0.4) is 0 Å². The summed E-state index contributed by atoms with van der Waals surface area (Å²) in [6.45, 7) is 2.41. The van der Waals surface area contributed by atoms with Crippen LogP contribution in [0.4, 0.5) is 10.5 Å². The standard InChI is InChI=1S/C21H26N4O3/c1-28-19-9-7-16(8-10-19)14-24-11-12-25(15-18(24)13-20(22)26)21(27)23-17-5-3-2-4-6-17/h2-10,18H,11-15H2,1H3,(H2,22,26)(H,23,27). The number of ether oxygens (including phenoxy) is 1. The molecular weight excluding hydrogens is 356 g/mol. The molecule has 1 aliphatic rings. The summed E-state index contributed by atoms with van der Waals surface area (Å²) < 4.78 is 5.20. The summed E-state index contributed by atoms with van der Waals surface area (Å²) in [6, 6.07) is 16.9. The number of nitrogens with one attached hydrogen (secondary N) is 1. The zero-order valence-electron chi connectivity index (χ0n) is 16.0. The number of benzene rings is 2. The number of piperazine rings is 1. The fourth-order valence-corrected chi connectivity index (χ4v) is 3.40. The number of rotatable bonds is 6. The van der Waals surface area contributed by atoms with Crippen molar-refractivity contribution in [2.75, 3.05) is 32.1 Å². The van der Waals surface area contributed by atoms with E-state index in [2.05, 4.69) is 10.2 Å². The predicted octanol–water partition coefficient (Wildman–Crippen LogP) is 2.29. The Bertz CT molecular complexity index is 795. The zero-order chi connectivity index (χ0) is 19.9. The minimum atomic E-state index is -0.366. The van der Waals surface area contributed by atoms with Crippen molar-refractivity contribution >= 4 is 17.6 Å². The highest BCUT2D eigenvalue weighted by Crippen LogP contribution is 2.19. The van der Waals surface area contributed by atoms with Gasteiger partial charge < -0.3 is 20.7 Å².